The van der Waals surface area contributed by atoms with Crippen LogP contribution >= 0.6 is 0 Å². The van der Waals surface area contributed by atoms with Crippen LogP contribution in [0.25, 0.3) is 0 Å². The lowest BCUT2D eigenvalue weighted by Crippen LogP contribution is -2.27. The van der Waals surface area contributed by atoms with Gasteiger partial charge in [0.2, 0.25) is 0 Å². The molecule has 0 saturated heterocycles. The van der Waals surface area contributed by atoms with Gasteiger partial charge in [0, 0.05) is 11.6 Å². The molecule has 1 unspecified atom stereocenters. The SMILES string of the molecule is CC(COS(C)(=O)=O)c1ccc(NC(=O)OC(C)(C)C)cc1. The van der Waals surface area contributed by atoms with Crippen molar-refractivity contribution < 1.29 is 22.1 Å². The topological polar surface area (TPSA) is 81.7 Å². The maximum atomic E-state index is 11.6. The van der Waals surface area contributed by atoms with Gasteiger partial charge in [-0.05, 0) is 38.5 Å². The summed E-state index contributed by atoms with van der Waals surface area (Å²) in [7, 11) is -3.44. The predicted octanol–water partition coefficient (Wildman–Crippen LogP) is 3.11. The van der Waals surface area contributed by atoms with Gasteiger partial charge < -0.3 is 4.74 Å². The third-order valence-electron chi connectivity index (χ3n) is 2.66. The lowest BCUT2D eigenvalue weighted by Gasteiger charge is -2.19. The minimum atomic E-state index is -3.44. The lowest BCUT2D eigenvalue weighted by atomic mass is 10.0. The molecule has 0 spiro atoms. The van der Waals surface area contributed by atoms with Crippen LogP contribution in [0, 0.1) is 0 Å². The summed E-state index contributed by atoms with van der Waals surface area (Å²) in [5.74, 6) is -0.0784. The molecule has 6 nitrogen and oxygen atoms in total. The molecule has 1 atom stereocenters. The van der Waals surface area contributed by atoms with Crippen molar-refractivity contribution in [2.45, 2.75) is 39.2 Å². The summed E-state index contributed by atoms with van der Waals surface area (Å²) in [5, 5.41) is 2.63. The van der Waals surface area contributed by atoms with E-state index >= 15 is 0 Å². The highest BCUT2D eigenvalue weighted by Gasteiger charge is 2.16. The van der Waals surface area contributed by atoms with Gasteiger partial charge >= 0.3 is 6.09 Å². The van der Waals surface area contributed by atoms with Crippen LogP contribution in [-0.4, -0.2) is 33.0 Å². The number of benzene rings is 1. The fourth-order valence-electron chi connectivity index (χ4n) is 1.64. The monoisotopic (exact) mass is 329 g/mol. The van der Waals surface area contributed by atoms with Crippen molar-refractivity contribution >= 4 is 21.9 Å². The summed E-state index contributed by atoms with van der Waals surface area (Å²) in [4.78, 5) is 11.6. The van der Waals surface area contributed by atoms with Crippen molar-refractivity contribution in [1.29, 1.82) is 0 Å². The molecule has 7 heteroatoms. The molecular weight excluding hydrogens is 306 g/mol. The van der Waals surface area contributed by atoms with Gasteiger partial charge in [-0.3, -0.25) is 9.50 Å². The van der Waals surface area contributed by atoms with Crippen LogP contribution in [0.4, 0.5) is 10.5 Å². The van der Waals surface area contributed by atoms with Gasteiger partial charge in [-0.2, -0.15) is 8.42 Å². The Bertz CT molecular complexity index is 602. The van der Waals surface area contributed by atoms with E-state index in [-0.39, 0.29) is 12.5 Å². The van der Waals surface area contributed by atoms with E-state index < -0.39 is 21.8 Å². The van der Waals surface area contributed by atoms with Gasteiger partial charge in [-0.15, -0.1) is 0 Å². The van der Waals surface area contributed by atoms with Crippen LogP contribution in [0.3, 0.4) is 0 Å². The average molecular weight is 329 g/mol. The number of anilines is 1. The van der Waals surface area contributed by atoms with Crippen molar-refractivity contribution in [3.8, 4) is 0 Å². The van der Waals surface area contributed by atoms with Crippen molar-refractivity contribution in [3.05, 3.63) is 29.8 Å². The zero-order valence-electron chi connectivity index (χ0n) is 13.5. The Labute approximate surface area is 131 Å². The van der Waals surface area contributed by atoms with E-state index in [1.54, 1.807) is 32.9 Å². The molecule has 0 aliphatic heterocycles. The fraction of sp³-hybridized carbons (Fsp3) is 0.533. The largest absolute Gasteiger partial charge is 0.444 e. The van der Waals surface area contributed by atoms with Gasteiger partial charge in [0.1, 0.15) is 5.60 Å². The molecule has 1 rings (SSSR count). The molecule has 1 amide bonds. The standard InChI is InChI=1S/C15H23NO5S/c1-11(10-20-22(5,18)19)12-6-8-13(9-7-12)16-14(17)21-15(2,3)4/h6-9,11H,10H2,1-5H3,(H,16,17). The normalized spacial score (nSPS) is 13.5. The molecule has 0 fully saturated rings. The van der Waals surface area contributed by atoms with Crippen LogP contribution in [0.15, 0.2) is 24.3 Å². The van der Waals surface area contributed by atoms with Gasteiger partial charge in [0.05, 0.1) is 12.9 Å². The van der Waals surface area contributed by atoms with E-state index in [2.05, 4.69) is 5.32 Å². The van der Waals surface area contributed by atoms with Crippen LogP contribution in [0.2, 0.25) is 0 Å². The first-order valence-electron chi connectivity index (χ1n) is 6.90. The first-order chi connectivity index (χ1) is 9.96. The number of hydrogen-bond acceptors (Lipinski definition) is 5. The van der Waals surface area contributed by atoms with E-state index in [0.717, 1.165) is 11.8 Å². The van der Waals surface area contributed by atoms with Crippen LogP contribution in [0.1, 0.15) is 39.2 Å². The van der Waals surface area contributed by atoms with Crippen LogP contribution in [-0.2, 0) is 19.0 Å². The Kier molecular flexibility index (Phi) is 5.96. The molecule has 0 saturated carbocycles. The second-order valence-corrected chi connectivity index (χ2v) is 7.78. The van der Waals surface area contributed by atoms with Crippen molar-refractivity contribution in [2.75, 3.05) is 18.2 Å². The Morgan fingerprint density at radius 3 is 2.23 bits per heavy atom. The minimum Gasteiger partial charge on any atom is -0.444 e. The van der Waals surface area contributed by atoms with Crippen molar-refractivity contribution in [3.63, 3.8) is 0 Å². The van der Waals surface area contributed by atoms with E-state index in [9.17, 15) is 13.2 Å². The molecule has 0 radical (unpaired) electrons. The zero-order chi connectivity index (χ0) is 17.0. The summed E-state index contributed by atoms with van der Waals surface area (Å²) < 4.78 is 31.9. The van der Waals surface area contributed by atoms with E-state index in [1.807, 2.05) is 19.1 Å². The number of ether oxygens (including phenoxy) is 1. The number of carbonyl (C=O) groups is 1. The quantitative estimate of drug-likeness (QED) is 0.839. The molecule has 0 bridgehead atoms. The van der Waals surface area contributed by atoms with Gasteiger partial charge in [0.15, 0.2) is 0 Å². The number of carbonyl (C=O) groups excluding carboxylic acids is 1. The lowest BCUT2D eigenvalue weighted by molar-refractivity contribution is 0.0636. The zero-order valence-corrected chi connectivity index (χ0v) is 14.4. The fourth-order valence-corrected chi connectivity index (χ4v) is 2.09. The third kappa shape index (κ3) is 7.42. The smallest absolute Gasteiger partial charge is 0.412 e. The minimum absolute atomic E-state index is 0.0784. The Balaban J connectivity index is 2.61. The average Bonchev–Trinajstić information content (AvgIpc) is 2.33. The Morgan fingerprint density at radius 1 is 1.23 bits per heavy atom. The van der Waals surface area contributed by atoms with Crippen molar-refractivity contribution in [1.82, 2.24) is 0 Å². The summed E-state index contributed by atoms with van der Waals surface area (Å²) in [6.45, 7) is 7.32. The summed E-state index contributed by atoms with van der Waals surface area (Å²) >= 11 is 0. The van der Waals surface area contributed by atoms with Crippen LogP contribution < -0.4 is 5.32 Å². The van der Waals surface area contributed by atoms with E-state index in [0.29, 0.717) is 5.69 Å². The predicted molar refractivity (Wildman–Crippen MR) is 85.5 cm³/mol. The summed E-state index contributed by atoms with van der Waals surface area (Å²) in [5.41, 5.74) is 0.967. The second-order valence-electron chi connectivity index (χ2n) is 6.14. The Hall–Kier alpha value is -1.60. The van der Waals surface area contributed by atoms with Gasteiger partial charge in [-0.1, -0.05) is 19.1 Å². The number of rotatable bonds is 5. The van der Waals surface area contributed by atoms with Crippen molar-refractivity contribution in [2.24, 2.45) is 0 Å². The molecule has 0 heterocycles. The molecule has 22 heavy (non-hydrogen) atoms. The Morgan fingerprint density at radius 2 is 1.77 bits per heavy atom. The third-order valence-corrected chi connectivity index (χ3v) is 3.22. The summed E-state index contributed by atoms with van der Waals surface area (Å²) in [6.07, 6.45) is 0.502. The molecule has 0 aliphatic carbocycles. The van der Waals surface area contributed by atoms with Gasteiger partial charge in [-0.25, -0.2) is 4.79 Å². The molecule has 124 valence electrons. The molecule has 1 aromatic carbocycles. The molecule has 1 N–H and O–H groups in total. The molecule has 1 aromatic rings. The van der Waals surface area contributed by atoms with E-state index in [4.69, 9.17) is 8.92 Å². The first kappa shape index (κ1) is 18.4. The maximum Gasteiger partial charge on any atom is 0.412 e. The molecule has 0 aliphatic rings. The highest BCUT2D eigenvalue weighted by atomic mass is 32.2. The molecule has 0 aromatic heterocycles. The molecular formula is C15H23NO5S. The highest BCUT2D eigenvalue weighted by Crippen LogP contribution is 2.19. The highest BCUT2D eigenvalue weighted by molar-refractivity contribution is 7.85. The summed E-state index contributed by atoms with van der Waals surface area (Å²) in [6, 6.07) is 7.08. The van der Waals surface area contributed by atoms with Crippen LogP contribution in [0.5, 0.6) is 0 Å². The number of hydrogen-bond donors (Lipinski definition) is 1. The maximum absolute atomic E-state index is 11.6. The number of amides is 1. The van der Waals surface area contributed by atoms with E-state index in [1.165, 1.54) is 0 Å². The number of nitrogens with one attached hydrogen (secondary N) is 1. The van der Waals surface area contributed by atoms with Gasteiger partial charge in [0.25, 0.3) is 10.1 Å². The first-order valence-corrected chi connectivity index (χ1v) is 8.72. The second kappa shape index (κ2) is 7.11.